The molecule has 0 unspecified atom stereocenters. The maximum absolute atomic E-state index is 12.9. The van der Waals surface area contributed by atoms with Crippen LogP contribution in [0.2, 0.25) is 0 Å². The van der Waals surface area contributed by atoms with E-state index in [0.29, 0.717) is 43.0 Å². The highest BCUT2D eigenvalue weighted by atomic mass is 16.2. The van der Waals surface area contributed by atoms with Crippen molar-refractivity contribution in [1.82, 2.24) is 29.6 Å². The van der Waals surface area contributed by atoms with Gasteiger partial charge in [0.25, 0.3) is 5.56 Å². The van der Waals surface area contributed by atoms with Crippen LogP contribution in [-0.2, 0) is 4.79 Å². The molecule has 1 atom stereocenters. The van der Waals surface area contributed by atoms with Gasteiger partial charge in [0.15, 0.2) is 0 Å². The lowest BCUT2D eigenvalue weighted by atomic mass is 10.2. The molecule has 3 heterocycles. The summed E-state index contributed by atoms with van der Waals surface area (Å²) in [6.45, 7) is 4.21. The molecule has 2 aromatic heterocycles. The molecule has 1 saturated heterocycles. The summed E-state index contributed by atoms with van der Waals surface area (Å²) >= 11 is 0. The highest BCUT2D eigenvalue weighted by molar-refractivity contribution is 5.81. The minimum Gasteiger partial charge on any atom is -0.338 e. The van der Waals surface area contributed by atoms with Gasteiger partial charge in [-0.3, -0.25) is 14.2 Å². The second-order valence-electron chi connectivity index (χ2n) is 6.27. The Bertz CT molecular complexity index is 974. The number of nitrogens with one attached hydrogen (secondary N) is 1. The maximum atomic E-state index is 12.9. The average Bonchev–Trinajstić information content (AvgIpc) is 3.22. The Balaban J connectivity index is 1.50. The number of amides is 1. The number of H-pyrrole nitrogens is 1. The number of aromatic nitrogens is 5. The van der Waals surface area contributed by atoms with Crippen LogP contribution >= 0.6 is 0 Å². The summed E-state index contributed by atoms with van der Waals surface area (Å²) < 4.78 is 1.41. The van der Waals surface area contributed by atoms with Crippen molar-refractivity contribution in [1.29, 1.82) is 0 Å². The van der Waals surface area contributed by atoms with Crippen LogP contribution in [0, 0.1) is 0 Å². The molecular weight excluding hydrogens is 334 g/mol. The van der Waals surface area contributed by atoms with Gasteiger partial charge in [0.1, 0.15) is 12.4 Å². The molecule has 1 fully saturated rings. The van der Waals surface area contributed by atoms with Gasteiger partial charge in [-0.05, 0) is 19.1 Å². The third-order valence-electron chi connectivity index (χ3n) is 4.76. The fraction of sp³-hybridized carbons (Fsp3) is 0.353. The van der Waals surface area contributed by atoms with E-state index in [1.165, 1.54) is 17.2 Å². The number of aromatic amines is 1. The highest BCUT2D eigenvalue weighted by Gasteiger charge is 2.27. The van der Waals surface area contributed by atoms with Crippen molar-refractivity contribution in [3.05, 3.63) is 47.3 Å². The lowest BCUT2D eigenvalue weighted by molar-refractivity contribution is -0.134. The molecule has 4 rings (SSSR count). The average molecular weight is 353 g/mol. The molecule has 0 saturated carbocycles. The van der Waals surface area contributed by atoms with Crippen LogP contribution in [-0.4, -0.2) is 61.7 Å². The summed E-state index contributed by atoms with van der Waals surface area (Å²) in [5, 5.41) is 7.20. The Morgan fingerprint density at radius 2 is 1.92 bits per heavy atom. The molecular formula is C17H19N7O2. The van der Waals surface area contributed by atoms with Crippen LogP contribution < -0.4 is 10.5 Å². The standard InChI is InChI=1S/C17H19N7O2/c1-12(24-11-19-14-5-3-2-4-13(14)16(24)26)15(25)22-6-8-23(9-7-22)17-18-10-20-21-17/h2-5,10-12H,6-9H2,1H3,(H,18,20,21)/t12-/m0/s1. The molecule has 26 heavy (non-hydrogen) atoms. The number of hydrogen-bond donors (Lipinski definition) is 1. The van der Waals surface area contributed by atoms with Gasteiger partial charge in [-0.15, -0.1) is 0 Å². The van der Waals surface area contributed by atoms with Crippen LogP contribution in [0.1, 0.15) is 13.0 Å². The first kappa shape index (κ1) is 16.2. The monoisotopic (exact) mass is 353 g/mol. The van der Waals surface area contributed by atoms with Crippen molar-refractivity contribution >= 4 is 22.8 Å². The van der Waals surface area contributed by atoms with E-state index in [-0.39, 0.29) is 11.5 Å². The Labute approximate surface area is 149 Å². The lowest BCUT2D eigenvalue weighted by Crippen LogP contribution is -2.51. The summed E-state index contributed by atoms with van der Waals surface area (Å²) in [4.78, 5) is 37.8. The number of carbonyl (C=O) groups excluding carboxylic acids is 1. The van der Waals surface area contributed by atoms with Gasteiger partial charge in [0.05, 0.1) is 17.2 Å². The van der Waals surface area contributed by atoms with Crippen LogP contribution in [0.5, 0.6) is 0 Å². The molecule has 0 radical (unpaired) electrons. The number of benzene rings is 1. The second-order valence-corrected chi connectivity index (χ2v) is 6.27. The Morgan fingerprint density at radius 1 is 1.15 bits per heavy atom. The van der Waals surface area contributed by atoms with E-state index in [0.717, 1.165) is 0 Å². The zero-order valence-electron chi connectivity index (χ0n) is 14.4. The molecule has 0 bridgehead atoms. The van der Waals surface area contributed by atoms with E-state index in [2.05, 4.69) is 20.2 Å². The van der Waals surface area contributed by atoms with E-state index in [1.807, 2.05) is 11.0 Å². The minimum absolute atomic E-state index is 0.0820. The van der Waals surface area contributed by atoms with E-state index in [1.54, 1.807) is 30.0 Å². The van der Waals surface area contributed by atoms with Crippen molar-refractivity contribution in [3.63, 3.8) is 0 Å². The number of hydrogen-bond acceptors (Lipinski definition) is 6. The maximum Gasteiger partial charge on any atom is 0.261 e. The summed E-state index contributed by atoms with van der Waals surface area (Å²) in [5.41, 5.74) is 0.436. The number of nitrogens with zero attached hydrogens (tertiary/aromatic N) is 6. The van der Waals surface area contributed by atoms with E-state index in [9.17, 15) is 9.59 Å². The molecule has 9 heteroatoms. The summed E-state index contributed by atoms with van der Waals surface area (Å²) in [6.07, 6.45) is 2.92. The van der Waals surface area contributed by atoms with Gasteiger partial charge in [-0.1, -0.05) is 12.1 Å². The third-order valence-corrected chi connectivity index (χ3v) is 4.76. The van der Waals surface area contributed by atoms with Crippen LogP contribution in [0.3, 0.4) is 0 Å². The van der Waals surface area contributed by atoms with Crippen LogP contribution in [0.25, 0.3) is 10.9 Å². The molecule has 1 aliphatic rings. The Kier molecular flexibility index (Phi) is 4.11. The molecule has 3 aromatic rings. The number of piperazine rings is 1. The Hall–Kier alpha value is -3.23. The molecule has 1 aromatic carbocycles. The van der Waals surface area contributed by atoms with Crippen LogP contribution in [0.4, 0.5) is 5.95 Å². The Morgan fingerprint density at radius 3 is 2.65 bits per heavy atom. The van der Waals surface area contributed by atoms with Crippen LogP contribution in [0.15, 0.2) is 41.7 Å². The van der Waals surface area contributed by atoms with Crippen molar-refractivity contribution in [3.8, 4) is 0 Å². The summed E-state index contributed by atoms with van der Waals surface area (Å²) in [6, 6.07) is 6.55. The van der Waals surface area contributed by atoms with Gasteiger partial charge in [0.2, 0.25) is 11.9 Å². The first-order valence-corrected chi connectivity index (χ1v) is 8.50. The zero-order chi connectivity index (χ0) is 18.1. The summed E-state index contributed by atoms with van der Waals surface area (Å²) in [5.74, 6) is 0.626. The molecule has 9 nitrogen and oxygen atoms in total. The van der Waals surface area contributed by atoms with E-state index >= 15 is 0 Å². The molecule has 0 aliphatic carbocycles. The topological polar surface area (TPSA) is 100 Å². The van der Waals surface area contributed by atoms with Crippen molar-refractivity contribution < 1.29 is 4.79 Å². The van der Waals surface area contributed by atoms with E-state index < -0.39 is 6.04 Å². The molecule has 1 N–H and O–H groups in total. The van der Waals surface area contributed by atoms with Gasteiger partial charge in [0, 0.05) is 26.2 Å². The smallest absolute Gasteiger partial charge is 0.261 e. The fourth-order valence-corrected chi connectivity index (χ4v) is 3.23. The number of para-hydroxylation sites is 1. The number of carbonyl (C=O) groups is 1. The fourth-order valence-electron chi connectivity index (χ4n) is 3.23. The van der Waals surface area contributed by atoms with Crippen molar-refractivity contribution in [2.45, 2.75) is 13.0 Å². The van der Waals surface area contributed by atoms with Gasteiger partial charge in [-0.25, -0.2) is 10.1 Å². The van der Waals surface area contributed by atoms with Crippen molar-refractivity contribution in [2.24, 2.45) is 0 Å². The summed E-state index contributed by atoms with van der Waals surface area (Å²) in [7, 11) is 0. The first-order valence-electron chi connectivity index (χ1n) is 8.50. The minimum atomic E-state index is -0.601. The van der Waals surface area contributed by atoms with Gasteiger partial charge in [-0.2, -0.15) is 10.1 Å². The molecule has 1 aliphatic heterocycles. The molecule has 0 spiro atoms. The predicted molar refractivity (Wildman–Crippen MR) is 95.9 cm³/mol. The highest BCUT2D eigenvalue weighted by Crippen LogP contribution is 2.14. The predicted octanol–water partition coefficient (Wildman–Crippen LogP) is 0.424. The normalized spacial score (nSPS) is 16.0. The quantitative estimate of drug-likeness (QED) is 0.733. The van der Waals surface area contributed by atoms with Gasteiger partial charge >= 0.3 is 0 Å². The second kappa shape index (κ2) is 6.58. The third kappa shape index (κ3) is 2.81. The SMILES string of the molecule is C[C@@H](C(=O)N1CCN(c2ncn[nH]2)CC1)n1cnc2ccccc2c1=O. The number of anilines is 1. The van der Waals surface area contributed by atoms with Gasteiger partial charge < -0.3 is 9.80 Å². The molecule has 134 valence electrons. The molecule has 1 amide bonds. The zero-order valence-corrected chi connectivity index (χ0v) is 14.4. The van der Waals surface area contributed by atoms with E-state index in [4.69, 9.17) is 0 Å². The largest absolute Gasteiger partial charge is 0.338 e. The number of fused-ring (bicyclic) bond motifs is 1. The lowest BCUT2D eigenvalue weighted by Gasteiger charge is -2.35. The first-order chi connectivity index (χ1) is 12.6. The van der Waals surface area contributed by atoms with Crippen molar-refractivity contribution in [2.75, 3.05) is 31.1 Å². The number of rotatable bonds is 3.